The summed E-state index contributed by atoms with van der Waals surface area (Å²) in [6.07, 6.45) is 8.39. The van der Waals surface area contributed by atoms with Crippen molar-refractivity contribution >= 4 is 0 Å². The number of β-amino-alcohol motifs (C(OH)–C–C–N with tert-alkyl or cyclic N) is 1. The number of hydrogen-bond donors (Lipinski definition) is 2. The first-order valence-corrected chi connectivity index (χ1v) is 5.70. The largest absolute Gasteiger partial charge is 0.391 e. The van der Waals surface area contributed by atoms with Gasteiger partial charge in [-0.2, -0.15) is 0 Å². The van der Waals surface area contributed by atoms with E-state index in [1.54, 1.807) is 0 Å². The van der Waals surface area contributed by atoms with Crippen molar-refractivity contribution in [1.82, 2.24) is 5.32 Å². The molecule has 1 rings (SSSR count). The van der Waals surface area contributed by atoms with Crippen molar-refractivity contribution in [2.45, 2.75) is 19.4 Å². The minimum absolute atomic E-state index is 0.190. The van der Waals surface area contributed by atoms with Crippen LogP contribution in [0.4, 0.5) is 0 Å². The van der Waals surface area contributed by atoms with Gasteiger partial charge >= 0.3 is 0 Å². The molecule has 1 fully saturated rings. The molecular weight excluding hydrogens is 198 g/mol. The molecule has 1 unspecified atom stereocenters. The van der Waals surface area contributed by atoms with Gasteiger partial charge in [-0.05, 0) is 25.5 Å². The number of aliphatic hydroxyl groups excluding tert-OH is 1. The summed E-state index contributed by atoms with van der Waals surface area (Å²) in [7, 11) is 0. The van der Waals surface area contributed by atoms with E-state index in [9.17, 15) is 5.11 Å². The number of aliphatic hydroxyl groups is 1. The molecule has 0 aliphatic carbocycles. The molecule has 0 radical (unpaired) electrons. The zero-order chi connectivity index (χ0) is 12.0. The Hall–Kier alpha value is -1.12. The standard InChI is InChI=1S/C14H21NO/c1-4-11(2)6-5-7-12(3)13-8-9-15-10-14(13)16/h4-7,13-16H,1,3,8-10H2,2H3/b7-5-,11-6-/t13?,14-/m0/s1. The van der Waals surface area contributed by atoms with Gasteiger partial charge in [-0.1, -0.05) is 43.0 Å². The van der Waals surface area contributed by atoms with Crippen LogP contribution in [0.1, 0.15) is 13.3 Å². The summed E-state index contributed by atoms with van der Waals surface area (Å²) in [6, 6.07) is 0. The van der Waals surface area contributed by atoms with Gasteiger partial charge in [0.25, 0.3) is 0 Å². The lowest BCUT2D eigenvalue weighted by Crippen LogP contribution is -2.40. The van der Waals surface area contributed by atoms with Crippen molar-refractivity contribution in [3.8, 4) is 0 Å². The second kappa shape index (κ2) is 6.46. The third kappa shape index (κ3) is 3.80. The SMILES string of the molecule is C=C/C(C)=C\C=C/C(=C)C1CCNC[C@@H]1O. The molecule has 2 heteroatoms. The first-order valence-electron chi connectivity index (χ1n) is 5.70. The van der Waals surface area contributed by atoms with Crippen LogP contribution in [0, 0.1) is 5.92 Å². The summed E-state index contributed by atoms with van der Waals surface area (Å²) in [4.78, 5) is 0. The summed E-state index contributed by atoms with van der Waals surface area (Å²) in [5.41, 5.74) is 2.12. The van der Waals surface area contributed by atoms with E-state index in [2.05, 4.69) is 18.5 Å². The van der Waals surface area contributed by atoms with Crippen LogP contribution in [-0.4, -0.2) is 24.3 Å². The number of hydrogen-bond acceptors (Lipinski definition) is 2. The monoisotopic (exact) mass is 219 g/mol. The number of allylic oxidation sites excluding steroid dienone is 5. The molecule has 0 bridgehead atoms. The van der Waals surface area contributed by atoms with Crippen molar-refractivity contribution in [2.24, 2.45) is 5.92 Å². The van der Waals surface area contributed by atoms with Gasteiger partial charge in [0.05, 0.1) is 6.10 Å². The van der Waals surface area contributed by atoms with Crippen LogP contribution in [-0.2, 0) is 0 Å². The average molecular weight is 219 g/mol. The quantitative estimate of drug-likeness (QED) is 0.710. The Bertz CT molecular complexity index is 315. The molecule has 0 aromatic carbocycles. The fourth-order valence-electron chi connectivity index (χ4n) is 1.79. The third-order valence-electron chi connectivity index (χ3n) is 2.92. The smallest absolute Gasteiger partial charge is 0.0733 e. The minimum Gasteiger partial charge on any atom is -0.391 e. The van der Waals surface area contributed by atoms with E-state index in [1.807, 2.05) is 31.2 Å². The number of rotatable bonds is 4. The molecule has 2 N–H and O–H groups in total. The second-order valence-electron chi connectivity index (χ2n) is 4.22. The molecule has 1 aliphatic rings. The molecule has 1 saturated heterocycles. The zero-order valence-electron chi connectivity index (χ0n) is 9.95. The zero-order valence-corrected chi connectivity index (χ0v) is 9.95. The first kappa shape index (κ1) is 12.9. The molecule has 0 amide bonds. The van der Waals surface area contributed by atoms with Crippen LogP contribution in [0.25, 0.3) is 0 Å². The number of piperidine rings is 1. The van der Waals surface area contributed by atoms with E-state index >= 15 is 0 Å². The minimum atomic E-state index is -0.310. The summed E-state index contributed by atoms with van der Waals surface area (Å²) >= 11 is 0. The van der Waals surface area contributed by atoms with Gasteiger partial charge in [-0.3, -0.25) is 0 Å². The maximum atomic E-state index is 9.81. The van der Waals surface area contributed by atoms with Crippen molar-refractivity contribution in [3.63, 3.8) is 0 Å². The molecule has 0 saturated carbocycles. The first-order chi connectivity index (χ1) is 7.65. The Morgan fingerprint density at radius 2 is 2.25 bits per heavy atom. The van der Waals surface area contributed by atoms with Crippen LogP contribution in [0.5, 0.6) is 0 Å². The molecule has 2 nitrogen and oxygen atoms in total. The van der Waals surface area contributed by atoms with Crippen LogP contribution in [0.2, 0.25) is 0 Å². The van der Waals surface area contributed by atoms with Gasteiger partial charge in [-0.15, -0.1) is 0 Å². The van der Waals surface area contributed by atoms with E-state index in [0.29, 0.717) is 6.54 Å². The van der Waals surface area contributed by atoms with Crippen molar-refractivity contribution in [2.75, 3.05) is 13.1 Å². The predicted molar refractivity (Wildman–Crippen MR) is 69.2 cm³/mol. The van der Waals surface area contributed by atoms with Gasteiger partial charge < -0.3 is 10.4 Å². The highest BCUT2D eigenvalue weighted by Crippen LogP contribution is 2.21. The van der Waals surface area contributed by atoms with Gasteiger partial charge in [0.15, 0.2) is 0 Å². The molecule has 0 spiro atoms. The van der Waals surface area contributed by atoms with Crippen LogP contribution in [0.3, 0.4) is 0 Å². The maximum Gasteiger partial charge on any atom is 0.0733 e. The fraction of sp³-hybridized carbons (Fsp3) is 0.429. The Labute approximate surface area is 98.1 Å². The van der Waals surface area contributed by atoms with Crippen molar-refractivity contribution < 1.29 is 5.11 Å². The molecule has 2 atom stereocenters. The lowest BCUT2D eigenvalue weighted by molar-refractivity contribution is 0.101. The van der Waals surface area contributed by atoms with Crippen LogP contribution in [0.15, 0.2) is 48.6 Å². The van der Waals surface area contributed by atoms with E-state index in [-0.39, 0.29) is 12.0 Å². The Balaban J connectivity index is 2.54. The van der Waals surface area contributed by atoms with Crippen LogP contribution >= 0.6 is 0 Å². The third-order valence-corrected chi connectivity index (χ3v) is 2.92. The Morgan fingerprint density at radius 3 is 2.88 bits per heavy atom. The van der Waals surface area contributed by atoms with E-state index in [1.165, 1.54) is 0 Å². The molecule has 0 aromatic rings. The van der Waals surface area contributed by atoms with Crippen molar-refractivity contribution in [1.29, 1.82) is 0 Å². The predicted octanol–water partition coefficient (Wildman–Crippen LogP) is 2.20. The van der Waals surface area contributed by atoms with E-state index in [0.717, 1.165) is 24.1 Å². The Morgan fingerprint density at radius 1 is 1.50 bits per heavy atom. The average Bonchev–Trinajstić information content (AvgIpc) is 2.29. The molecule has 1 aliphatic heterocycles. The topological polar surface area (TPSA) is 32.3 Å². The lowest BCUT2D eigenvalue weighted by Gasteiger charge is -2.28. The van der Waals surface area contributed by atoms with Gasteiger partial charge in [-0.25, -0.2) is 0 Å². The highest BCUT2D eigenvalue weighted by Gasteiger charge is 2.23. The summed E-state index contributed by atoms with van der Waals surface area (Å²) < 4.78 is 0. The summed E-state index contributed by atoms with van der Waals surface area (Å²) in [5.74, 6) is 0.190. The van der Waals surface area contributed by atoms with E-state index < -0.39 is 0 Å². The van der Waals surface area contributed by atoms with Crippen molar-refractivity contribution in [3.05, 3.63) is 48.6 Å². The van der Waals surface area contributed by atoms with E-state index in [4.69, 9.17) is 0 Å². The highest BCUT2D eigenvalue weighted by atomic mass is 16.3. The molecule has 0 aromatic heterocycles. The van der Waals surface area contributed by atoms with Gasteiger partial charge in [0.2, 0.25) is 0 Å². The normalized spacial score (nSPS) is 27.0. The highest BCUT2D eigenvalue weighted by molar-refractivity contribution is 5.27. The lowest BCUT2D eigenvalue weighted by atomic mass is 9.88. The summed E-state index contributed by atoms with van der Waals surface area (Å²) in [6.45, 7) is 11.3. The Kier molecular flexibility index (Phi) is 5.23. The fourth-order valence-corrected chi connectivity index (χ4v) is 1.79. The molecular formula is C14H21NO. The molecule has 16 heavy (non-hydrogen) atoms. The number of nitrogens with one attached hydrogen (secondary N) is 1. The maximum absolute atomic E-state index is 9.81. The summed E-state index contributed by atoms with van der Waals surface area (Å²) in [5, 5.41) is 13.0. The molecule has 88 valence electrons. The second-order valence-corrected chi connectivity index (χ2v) is 4.22. The van der Waals surface area contributed by atoms with Gasteiger partial charge in [0.1, 0.15) is 0 Å². The van der Waals surface area contributed by atoms with Crippen LogP contribution < -0.4 is 5.32 Å². The van der Waals surface area contributed by atoms with Gasteiger partial charge in [0, 0.05) is 12.5 Å². The molecule has 1 heterocycles.